The molecule has 0 aromatic rings. The zero-order valence-electron chi connectivity index (χ0n) is 67.8. The van der Waals surface area contributed by atoms with E-state index < -0.39 is 97.5 Å². The minimum absolute atomic E-state index is 0.107. The molecule has 0 aromatic carbocycles. The molecule has 0 fully saturated rings. The highest BCUT2D eigenvalue weighted by molar-refractivity contribution is 7.47. The average molecular weight is 1510 g/mol. The molecule has 0 aliphatic rings. The van der Waals surface area contributed by atoms with Crippen molar-refractivity contribution in [3.63, 3.8) is 0 Å². The van der Waals surface area contributed by atoms with Gasteiger partial charge in [0, 0.05) is 25.7 Å². The minimum atomic E-state index is -4.96. The first-order valence-corrected chi connectivity index (χ1v) is 46.4. The number of aliphatic hydroxyl groups excluding tert-OH is 1. The Kier molecular flexibility index (Phi) is 72.8. The van der Waals surface area contributed by atoms with E-state index in [1.807, 2.05) is 0 Å². The molecule has 7 atom stereocenters. The summed E-state index contributed by atoms with van der Waals surface area (Å²) in [6, 6.07) is 0. The van der Waals surface area contributed by atoms with Crippen molar-refractivity contribution in [2.75, 3.05) is 39.6 Å². The van der Waals surface area contributed by atoms with Crippen LogP contribution in [0.1, 0.15) is 440 Å². The first kappa shape index (κ1) is 101. The van der Waals surface area contributed by atoms with Gasteiger partial charge in [-0.05, 0) is 43.4 Å². The van der Waals surface area contributed by atoms with Crippen LogP contribution in [-0.2, 0) is 65.4 Å². The third-order valence-corrected chi connectivity index (χ3v) is 22.3. The van der Waals surface area contributed by atoms with E-state index in [9.17, 15) is 43.2 Å². The van der Waals surface area contributed by atoms with E-state index in [1.54, 1.807) is 0 Å². The van der Waals surface area contributed by atoms with Gasteiger partial charge in [-0.15, -0.1) is 0 Å². The molecular weight excluding hydrogens is 1340 g/mol. The van der Waals surface area contributed by atoms with Crippen LogP contribution in [-0.4, -0.2) is 96.7 Å². The Labute approximate surface area is 632 Å². The predicted molar refractivity (Wildman–Crippen MR) is 423 cm³/mol. The summed E-state index contributed by atoms with van der Waals surface area (Å²) < 4.78 is 68.6. The molecule has 0 aliphatic heterocycles. The third kappa shape index (κ3) is 75.3. The Bertz CT molecular complexity index is 2000. The highest BCUT2D eigenvalue weighted by Gasteiger charge is 2.30. The van der Waals surface area contributed by atoms with Crippen LogP contribution in [0.2, 0.25) is 0 Å². The maximum absolute atomic E-state index is 13.1. The molecular formula is C84H164O17P2. The van der Waals surface area contributed by atoms with Gasteiger partial charge in [0.15, 0.2) is 12.2 Å². The topological polar surface area (TPSA) is 237 Å². The molecule has 3 N–H and O–H groups in total. The van der Waals surface area contributed by atoms with E-state index in [0.717, 1.165) is 114 Å². The Hall–Kier alpha value is -1.94. The van der Waals surface area contributed by atoms with Gasteiger partial charge in [-0.25, -0.2) is 9.13 Å². The Morgan fingerprint density at radius 2 is 0.495 bits per heavy atom. The Balaban J connectivity index is 5.11. The fourth-order valence-electron chi connectivity index (χ4n) is 13.0. The largest absolute Gasteiger partial charge is 0.472 e. The first-order chi connectivity index (χ1) is 49.8. The summed E-state index contributed by atoms with van der Waals surface area (Å²) in [6.07, 6.45) is 64.2. The van der Waals surface area contributed by atoms with Crippen molar-refractivity contribution in [3.05, 3.63) is 0 Å². The van der Waals surface area contributed by atoms with Crippen LogP contribution >= 0.6 is 15.6 Å². The third-order valence-electron chi connectivity index (χ3n) is 20.4. The smallest absolute Gasteiger partial charge is 0.462 e. The van der Waals surface area contributed by atoms with Gasteiger partial charge >= 0.3 is 39.5 Å². The molecule has 0 heterocycles. The summed E-state index contributed by atoms with van der Waals surface area (Å²) in [5.74, 6) is 0.405. The lowest BCUT2D eigenvalue weighted by Gasteiger charge is -2.21. The number of unbranched alkanes of at least 4 members (excludes halogenated alkanes) is 48. The number of hydrogen-bond acceptors (Lipinski definition) is 15. The summed E-state index contributed by atoms with van der Waals surface area (Å²) in [5, 5.41) is 10.6. The van der Waals surface area contributed by atoms with E-state index in [-0.39, 0.29) is 25.7 Å². The molecule has 0 bridgehead atoms. The summed E-state index contributed by atoms with van der Waals surface area (Å²) in [7, 11) is -9.91. The van der Waals surface area contributed by atoms with E-state index in [0.29, 0.717) is 25.7 Å². The molecule has 0 saturated carbocycles. The van der Waals surface area contributed by atoms with Gasteiger partial charge in [0.05, 0.1) is 26.4 Å². The molecule has 0 saturated heterocycles. The number of carbonyl (C=O) groups is 4. The van der Waals surface area contributed by atoms with Crippen LogP contribution in [0.25, 0.3) is 0 Å². The molecule has 0 spiro atoms. The number of aliphatic hydroxyl groups is 1. The molecule has 0 radical (unpaired) electrons. The van der Waals surface area contributed by atoms with E-state index in [1.165, 1.54) is 244 Å². The highest BCUT2D eigenvalue weighted by Crippen LogP contribution is 2.45. The van der Waals surface area contributed by atoms with Crippen molar-refractivity contribution in [1.29, 1.82) is 0 Å². The summed E-state index contributed by atoms with van der Waals surface area (Å²) in [5.41, 5.74) is 0. The van der Waals surface area contributed by atoms with Crippen LogP contribution in [0, 0.1) is 17.8 Å². The summed E-state index contributed by atoms with van der Waals surface area (Å²) >= 11 is 0. The fourth-order valence-corrected chi connectivity index (χ4v) is 14.5. The van der Waals surface area contributed by atoms with Crippen molar-refractivity contribution in [2.45, 2.75) is 458 Å². The molecule has 0 rings (SSSR count). The normalized spacial score (nSPS) is 14.4. The van der Waals surface area contributed by atoms with Gasteiger partial charge in [0.25, 0.3) is 0 Å². The molecule has 0 amide bonds. The van der Waals surface area contributed by atoms with Gasteiger partial charge in [-0.1, -0.05) is 389 Å². The average Bonchev–Trinajstić information content (AvgIpc) is 0.937. The summed E-state index contributed by atoms with van der Waals surface area (Å²) in [6.45, 7) is 12.0. The zero-order chi connectivity index (χ0) is 75.8. The molecule has 0 aromatic heterocycles. The highest BCUT2D eigenvalue weighted by atomic mass is 31.2. The maximum Gasteiger partial charge on any atom is 0.472 e. The summed E-state index contributed by atoms with van der Waals surface area (Å²) in [4.78, 5) is 72.8. The zero-order valence-corrected chi connectivity index (χ0v) is 69.6. The Morgan fingerprint density at radius 3 is 0.738 bits per heavy atom. The SMILES string of the molecule is CCCCCCCC(=O)OC[C@H](COP(=O)(O)OC[C@H](O)COP(=O)(O)OC[C@@H](COC(=O)CCCCCCCCCCCCCCCCCC(C)C)OC(=O)CCCCCCCCCCCCCCCCCCCCC(C)CC)OC(=O)CCCCCCCCCCCCCCCCC(C)CC. The molecule has 103 heavy (non-hydrogen) atoms. The maximum atomic E-state index is 13.1. The van der Waals surface area contributed by atoms with Gasteiger partial charge in [0.2, 0.25) is 0 Å². The molecule has 19 heteroatoms. The second-order valence-corrected chi connectivity index (χ2v) is 34.1. The van der Waals surface area contributed by atoms with Gasteiger partial charge in [-0.3, -0.25) is 37.3 Å². The quantitative estimate of drug-likeness (QED) is 0.0222. The van der Waals surface area contributed by atoms with E-state index in [2.05, 4.69) is 48.5 Å². The monoisotopic (exact) mass is 1510 g/mol. The van der Waals surface area contributed by atoms with Crippen molar-refractivity contribution >= 4 is 39.5 Å². The molecule has 17 nitrogen and oxygen atoms in total. The first-order valence-electron chi connectivity index (χ1n) is 43.4. The molecule has 612 valence electrons. The van der Waals surface area contributed by atoms with Gasteiger partial charge in [0.1, 0.15) is 19.3 Å². The fraction of sp³-hybridized carbons (Fsp3) is 0.952. The van der Waals surface area contributed by atoms with Crippen molar-refractivity contribution in [2.24, 2.45) is 17.8 Å². The Morgan fingerprint density at radius 1 is 0.282 bits per heavy atom. The number of ether oxygens (including phenoxy) is 4. The van der Waals surface area contributed by atoms with Crippen LogP contribution in [0.3, 0.4) is 0 Å². The second kappa shape index (κ2) is 74.2. The number of carbonyl (C=O) groups excluding carboxylic acids is 4. The number of esters is 4. The van der Waals surface area contributed by atoms with Crippen LogP contribution in [0.4, 0.5) is 0 Å². The standard InChI is InChI=1S/C84H164O17P2/c1-8-11-12-48-58-65-81(86)94-71-79(100-83(88)67-60-54-47-41-35-29-23-22-26-32-38-44-51-57-64-77(7)10-3)73-98-102(90,91)96-69-78(85)70-97-103(92,93)99-74-80(72-95-82(87)66-59-52-45-39-33-27-21-17-18-24-30-36-42-49-55-62-75(4)5)101-84(89)68-61-53-46-40-34-28-20-16-14-13-15-19-25-31-37-43-50-56-63-76(6)9-2/h75-80,85H,8-74H2,1-7H3,(H,90,91)(H,92,93)/t76?,77?,78-,79+,80+/m0/s1. The predicted octanol–water partition coefficient (Wildman–Crippen LogP) is 25.3. The number of hydrogen-bond donors (Lipinski definition) is 3. The van der Waals surface area contributed by atoms with E-state index in [4.69, 9.17) is 37.0 Å². The van der Waals surface area contributed by atoms with Crippen molar-refractivity contribution in [1.82, 2.24) is 0 Å². The minimum Gasteiger partial charge on any atom is -0.462 e. The van der Waals surface area contributed by atoms with Crippen LogP contribution in [0.15, 0.2) is 0 Å². The van der Waals surface area contributed by atoms with Gasteiger partial charge < -0.3 is 33.8 Å². The van der Waals surface area contributed by atoms with E-state index >= 15 is 0 Å². The lowest BCUT2D eigenvalue weighted by Crippen LogP contribution is -2.30. The lowest BCUT2D eigenvalue weighted by molar-refractivity contribution is -0.161. The lowest BCUT2D eigenvalue weighted by atomic mass is 9.99. The number of rotatable bonds is 82. The van der Waals surface area contributed by atoms with Crippen molar-refractivity contribution < 1.29 is 80.2 Å². The second-order valence-electron chi connectivity index (χ2n) is 31.2. The van der Waals surface area contributed by atoms with Crippen LogP contribution < -0.4 is 0 Å². The van der Waals surface area contributed by atoms with Crippen LogP contribution in [0.5, 0.6) is 0 Å². The van der Waals surface area contributed by atoms with Gasteiger partial charge in [-0.2, -0.15) is 0 Å². The number of phosphoric acid groups is 2. The number of phosphoric ester groups is 2. The van der Waals surface area contributed by atoms with Crippen molar-refractivity contribution in [3.8, 4) is 0 Å². The molecule has 4 unspecified atom stereocenters. The molecule has 0 aliphatic carbocycles.